The Bertz CT molecular complexity index is 342. The minimum Gasteiger partial charge on any atom is -0.334 e. The molecule has 1 aliphatic rings. The molecule has 0 saturated heterocycles. The fourth-order valence-electron chi connectivity index (χ4n) is 2.63. The molecule has 1 fully saturated rings. The quantitative estimate of drug-likeness (QED) is 0.790. The van der Waals surface area contributed by atoms with Crippen LogP contribution in [0.3, 0.4) is 0 Å². The van der Waals surface area contributed by atoms with Crippen LogP contribution in [0, 0.1) is 6.92 Å². The van der Waals surface area contributed by atoms with E-state index in [-0.39, 0.29) is 0 Å². The second-order valence-electron chi connectivity index (χ2n) is 4.94. The first-order valence-corrected chi connectivity index (χ1v) is 7.72. The maximum atomic E-state index is 4.23. The van der Waals surface area contributed by atoms with Gasteiger partial charge >= 0.3 is 0 Å². The number of aromatic nitrogens is 2. The zero-order valence-corrected chi connectivity index (χ0v) is 11.7. The second kappa shape index (κ2) is 5.91. The van der Waals surface area contributed by atoms with Crippen molar-refractivity contribution >= 4 is 11.8 Å². The highest BCUT2D eigenvalue weighted by molar-refractivity contribution is 8.00. The lowest BCUT2D eigenvalue weighted by Gasteiger charge is -2.27. The second-order valence-corrected chi connectivity index (χ2v) is 6.21. The van der Waals surface area contributed by atoms with Crippen LogP contribution in [0.25, 0.3) is 0 Å². The molecule has 3 nitrogen and oxygen atoms in total. The van der Waals surface area contributed by atoms with E-state index in [2.05, 4.69) is 34.2 Å². The SMILES string of the molecule is CSC1(CNCCn2ccnc2C)CCCC1. The monoisotopic (exact) mass is 253 g/mol. The predicted octanol–water partition coefficient (Wildman–Crippen LogP) is 2.46. The van der Waals surface area contributed by atoms with Gasteiger partial charge in [0.05, 0.1) is 0 Å². The van der Waals surface area contributed by atoms with Gasteiger partial charge in [0.25, 0.3) is 0 Å². The molecular formula is C13H23N3S. The van der Waals surface area contributed by atoms with Gasteiger partial charge in [-0.15, -0.1) is 0 Å². The largest absolute Gasteiger partial charge is 0.334 e. The van der Waals surface area contributed by atoms with Crippen LogP contribution in [0.2, 0.25) is 0 Å². The van der Waals surface area contributed by atoms with Gasteiger partial charge in [0.2, 0.25) is 0 Å². The zero-order valence-electron chi connectivity index (χ0n) is 10.9. The number of rotatable bonds is 6. The molecule has 4 heteroatoms. The summed E-state index contributed by atoms with van der Waals surface area (Å²) in [4.78, 5) is 4.23. The summed E-state index contributed by atoms with van der Waals surface area (Å²) < 4.78 is 2.72. The van der Waals surface area contributed by atoms with Gasteiger partial charge in [0.15, 0.2) is 0 Å². The smallest absolute Gasteiger partial charge is 0.105 e. The molecule has 0 radical (unpaired) electrons. The van der Waals surface area contributed by atoms with Crippen molar-refractivity contribution in [2.45, 2.75) is 43.9 Å². The van der Waals surface area contributed by atoms with Gasteiger partial charge in [-0.25, -0.2) is 4.98 Å². The minimum atomic E-state index is 0.518. The molecule has 1 aromatic rings. The Labute approximate surface area is 108 Å². The van der Waals surface area contributed by atoms with E-state index in [0.717, 1.165) is 25.5 Å². The Morgan fingerprint density at radius 1 is 1.47 bits per heavy atom. The van der Waals surface area contributed by atoms with Crippen molar-refractivity contribution in [2.75, 3.05) is 19.3 Å². The summed E-state index contributed by atoms with van der Waals surface area (Å²) >= 11 is 2.05. The third-order valence-corrected chi connectivity index (χ3v) is 5.27. The first kappa shape index (κ1) is 13.0. The summed E-state index contributed by atoms with van der Waals surface area (Å²) in [5, 5.41) is 3.62. The number of hydrogen-bond acceptors (Lipinski definition) is 3. The van der Waals surface area contributed by atoms with E-state index in [9.17, 15) is 0 Å². The highest BCUT2D eigenvalue weighted by Crippen LogP contribution is 2.39. The maximum absolute atomic E-state index is 4.23. The standard InChI is InChI=1S/C13H23N3S/c1-12-15-8-10-16(12)9-7-14-11-13(17-2)5-3-4-6-13/h8,10,14H,3-7,9,11H2,1-2H3. The average Bonchev–Trinajstić information content (AvgIpc) is 2.95. The van der Waals surface area contributed by atoms with E-state index in [1.807, 2.05) is 18.0 Å². The summed E-state index contributed by atoms with van der Waals surface area (Å²) in [5.41, 5.74) is 0. The normalized spacial score (nSPS) is 18.7. The van der Waals surface area contributed by atoms with E-state index in [1.54, 1.807) is 0 Å². The molecule has 0 bridgehead atoms. The molecule has 1 aliphatic carbocycles. The third-order valence-electron chi connectivity index (χ3n) is 3.85. The van der Waals surface area contributed by atoms with Crippen molar-refractivity contribution < 1.29 is 0 Å². The van der Waals surface area contributed by atoms with E-state index < -0.39 is 0 Å². The molecule has 2 rings (SSSR count). The van der Waals surface area contributed by atoms with Gasteiger partial charge in [-0.1, -0.05) is 12.8 Å². The average molecular weight is 253 g/mol. The van der Waals surface area contributed by atoms with Crippen LogP contribution >= 0.6 is 11.8 Å². The highest BCUT2D eigenvalue weighted by Gasteiger charge is 2.32. The third kappa shape index (κ3) is 3.26. The van der Waals surface area contributed by atoms with Crippen LogP contribution in [0.4, 0.5) is 0 Å². The fourth-order valence-corrected chi connectivity index (χ4v) is 3.57. The first-order chi connectivity index (χ1) is 8.26. The van der Waals surface area contributed by atoms with Crippen molar-refractivity contribution in [3.63, 3.8) is 0 Å². The van der Waals surface area contributed by atoms with Crippen molar-refractivity contribution in [1.29, 1.82) is 0 Å². The Morgan fingerprint density at radius 2 is 2.24 bits per heavy atom. The summed E-state index contributed by atoms with van der Waals surface area (Å²) in [7, 11) is 0. The van der Waals surface area contributed by atoms with Crippen LogP contribution < -0.4 is 5.32 Å². The molecule has 0 spiro atoms. The molecule has 1 saturated carbocycles. The molecule has 96 valence electrons. The van der Waals surface area contributed by atoms with Gasteiger partial charge in [0.1, 0.15) is 5.82 Å². The van der Waals surface area contributed by atoms with Crippen molar-refractivity contribution in [2.24, 2.45) is 0 Å². The molecule has 0 aromatic carbocycles. The molecule has 0 amide bonds. The van der Waals surface area contributed by atoms with Gasteiger partial charge in [0, 0.05) is 36.8 Å². The molecule has 0 unspecified atom stereocenters. The number of aryl methyl sites for hydroxylation is 1. The van der Waals surface area contributed by atoms with Gasteiger partial charge in [-0.3, -0.25) is 0 Å². The highest BCUT2D eigenvalue weighted by atomic mass is 32.2. The number of nitrogens with zero attached hydrogens (tertiary/aromatic N) is 2. The van der Waals surface area contributed by atoms with Gasteiger partial charge in [-0.05, 0) is 26.0 Å². The fraction of sp³-hybridized carbons (Fsp3) is 0.769. The van der Waals surface area contributed by atoms with Crippen molar-refractivity contribution in [3.8, 4) is 0 Å². The number of hydrogen-bond donors (Lipinski definition) is 1. The summed E-state index contributed by atoms with van der Waals surface area (Å²) in [6.07, 6.45) is 11.8. The maximum Gasteiger partial charge on any atom is 0.105 e. The van der Waals surface area contributed by atoms with Crippen LogP contribution in [0.1, 0.15) is 31.5 Å². The van der Waals surface area contributed by atoms with Gasteiger partial charge < -0.3 is 9.88 Å². The van der Waals surface area contributed by atoms with Gasteiger partial charge in [-0.2, -0.15) is 11.8 Å². The first-order valence-electron chi connectivity index (χ1n) is 6.49. The van der Waals surface area contributed by atoms with E-state index in [4.69, 9.17) is 0 Å². The van der Waals surface area contributed by atoms with E-state index >= 15 is 0 Å². The number of imidazole rings is 1. The Balaban J connectivity index is 1.71. The molecule has 17 heavy (non-hydrogen) atoms. The summed E-state index contributed by atoms with van der Waals surface area (Å²) in [6.45, 7) is 5.28. The summed E-state index contributed by atoms with van der Waals surface area (Å²) in [5.74, 6) is 1.10. The minimum absolute atomic E-state index is 0.518. The Hall–Kier alpha value is -0.480. The topological polar surface area (TPSA) is 29.9 Å². The Kier molecular flexibility index (Phi) is 4.51. The predicted molar refractivity (Wildman–Crippen MR) is 74.5 cm³/mol. The van der Waals surface area contributed by atoms with Crippen molar-refractivity contribution in [3.05, 3.63) is 18.2 Å². The lowest BCUT2D eigenvalue weighted by Crippen LogP contribution is -2.36. The summed E-state index contributed by atoms with van der Waals surface area (Å²) in [6, 6.07) is 0. The van der Waals surface area contributed by atoms with E-state index in [1.165, 1.54) is 25.7 Å². The van der Waals surface area contributed by atoms with Crippen LogP contribution in [-0.4, -0.2) is 33.6 Å². The molecule has 0 aliphatic heterocycles. The molecule has 0 atom stereocenters. The molecular weight excluding hydrogens is 230 g/mol. The zero-order chi connectivity index (χ0) is 12.1. The number of nitrogens with one attached hydrogen (secondary N) is 1. The lowest BCUT2D eigenvalue weighted by molar-refractivity contribution is 0.510. The molecule has 1 aromatic heterocycles. The van der Waals surface area contributed by atoms with Crippen LogP contribution in [0.5, 0.6) is 0 Å². The van der Waals surface area contributed by atoms with Crippen LogP contribution in [-0.2, 0) is 6.54 Å². The van der Waals surface area contributed by atoms with Crippen LogP contribution in [0.15, 0.2) is 12.4 Å². The number of thioether (sulfide) groups is 1. The molecule has 1 N–H and O–H groups in total. The Morgan fingerprint density at radius 3 is 2.82 bits per heavy atom. The van der Waals surface area contributed by atoms with Crippen molar-refractivity contribution in [1.82, 2.24) is 14.9 Å². The molecule has 1 heterocycles. The van der Waals surface area contributed by atoms with E-state index in [0.29, 0.717) is 4.75 Å². The lowest BCUT2D eigenvalue weighted by atomic mass is 10.1.